The predicted molar refractivity (Wildman–Crippen MR) is 131 cm³/mol. The van der Waals surface area contributed by atoms with Gasteiger partial charge >= 0.3 is 0 Å². The standard InChI is InChI=1S/C27H31N5/c1-16-11-23-24(12-17(16)2)32-25(15-30-27(32)26(31-23)29-13-19-4-5-19)20-6-7-21(18(3)10-20)14-28-22-8-9-22/h6-7,10-12,15,19,22,28H,4-5,8-9,13-14H2,1-3H3,(H,29,31). The summed E-state index contributed by atoms with van der Waals surface area (Å²) in [5.74, 6) is 1.67. The number of imidazole rings is 1. The quantitative estimate of drug-likeness (QED) is 0.408. The molecule has 32 heavy (non-hydrogen) atoms. The van der Waals surface area contributed by atoms with Gasteiger partial charge in [0.2, 0.25) is 0 Å². The lowest BCUT2D eigenvalue weighted by molar-refractivity contribution is 0.685. The highest BCUT2D eigenvalue weighted by molar-refractivity contribution is 5.87. The summed E-state index contributed by atoms with van der Waals surface area (Å²) in [6, 6.07) is 12.0. The highest BCUT2D eigenvalue weighted by Crippen LogP contribution is 2.33. The van der Waals surface area contributed by atoms with Gasteiger partial charge in [-0.25, -0.2) is 9.97 Å². The first-order valence-electron chi connectivity index (χ1n) is 11.9. The average Bonchev–Trinajstić information content (AvgIpc) is 3.71. The minimum Gasteiger partial charge on any atom is -0.367 e. The number of nitrogens with one attached hydrogen (secondary N) is 2. The molecule has 2 saturated carbocycles. The third-order valence-electron chi connectivity index (χ3n) is 7.09. The first kappa shape index (κ1) is 19.7. The first-order valence-corrected chi connectivity index (χ1v) is 11.9. The van der Waals surface area contributed by atoms with Gasteiger partial charge in [0.05, 0.1) is 22.9 Å². The van der Waals surface area contributed by atoms with Crippen LogP contribution in [0.2, 0.25) is 0 Å². The van der Waals surface area contributed by atoms with Gasteiger partial charge in [-0.05, 0) is 92.8 Å². The van der Waals surface area contributed by atoms with E-state index in [0.29, 0.717) is 0 Å². The van der Waals surface area contributed by atoms with E-state index in [4.69, 9.17) is 9.97 Å². The summed E-state index contributed by atoms with van der Waals surface area (Å²) >= 11 is 0. The number of aryl methyl sites for hydroxylation is 3. The number of rotatable bonds is 7. The molecule has 2 aromatic carbocycles. The number of aromatic nitrogens is 3. The van der Waals surface area contributed by atoms with Crippen LogP contribution in [0.3, 0.4) is 0 Å². The van der Waals surface area contributed by atoms with Crippen LogP contribution < -0.4 is 10.6 Å². The van der Waals surface area contributed by atoms with Crippen molar-refractivity contribution in [3.8, 4) is 11.3 Å². The molecule has 6 rings (SSSR count). The average molecular weight is 426 g/mol. The van der Waals surface area contributed by atoms with Crippen LogP contribution in [0.5, 0.6) is 0 Å². The number of benzene rings is 2. The van der Waals surface area contributed by atoms with E-state index in [1.807, 2.05) is 6.20 Å². The van der Waals surface area contributed by atoms with Crippen LogP contribution in [0.25, 0.3) is 27.9 Å². The lowest BCUT2D eigenvalue weighted by Crippen LogP contribution is -2.15. The Morgan fingerprint density at radius 1 is 0.969 bits per heavy atom. The largest absolute Gasteiger partial charge is 0.367 e. The van der Waals surface area contributed by atoms with E-state index in [-0.39, 0.29) is 0 Å². The third-order valence-corrected chi connectivity index (χ3v) is 7.09. The number of hydrogen-bond donors (Lipinski definition) is 2. The van der Waals surface area contributed by atoms with Crippen molar-refractivity contribution >= 4 is 22.5 Å². The van der Waals surface area contributed by atoms with Crippen LogP contribution in [0, 0.1) is 26.7 Å². The van der Waals surface area contributed by atoms with Crippen LogP contribution >= 0.6 is 0 Å². The maximum Gasteiger partial charge on any atom is 0.181 e. The molecular weight excluding hydrogens is 394 g/mol. The zero-order chi connectivity index (χ0) is 21.8. The minimum absolute atomic E-state index is 0.722. The Labute approximate surface area is 189 Å². The van der Waals surface area contributed by atoms with Crippen LogP contribution in [0.15, 0.2) is 36.5 Å². The summed E-state index contributed by atoms with van der Waals surface area (Å²) in [6.45, 7) is 8.47. The molecular formula is C27H31N5. The van der Waals surface area contributed by atoms with Crippen LogP contribution in [0.4, 0.5) is 5.82 Å². The molecule has 2 aliphatic rings. The van der Waals surface area contributed by atoms with Crippen molar-refractivity contribution in [3.05, 3.63) is 58.8 Å². The van der Waals surface area contributed by atoms with Gasteiger partial charge < -0.3 is 10.6 Å². The monoisotopic (exact) mass is 425 g/mol. The second-order valence-corrected chi connectivity index (χ2v) is 9.81. The Balaban J connectivity index is 1.47. The first-order chi connectivity index (χ1) is 15.6. The molecule has 5 nitrogen and oxygen atoms in total. The summed E-state index contributed by atoms with van der Waals surface area (Å²) in [5, 5.41) is 7.23. The molecule has 2 N–H and O–H groups in total. The molecule has 5 heteroatoms. The maximum absolute atomic E-state index is 4.99. The molecule has 0 unspecified atom stereocenters. The van der Waals surface area contributed by atoms with Gasteiger partial charge in [0.1, 0.15) is 0 Å². The Bertz CT molecular complexity index is 1330. The summed E-state index contributed by atoms with van der Waals surface area (Å²) < 4.78 is 2.29. The zero-order valence-electron chi connectivity index (χ0n) is 19.2. The van der Waals surface area contributed by atoms with Gasteiger partial charge in [0.15, 0.2) is 11.5 Å². The topological polar surface area (TPSA) is 54.2 Å². The molecule has 0 amide bonds. The van der Waals surface area contributed by atoms with Crippen molar-refractivity contribution in [2.24, 2.45) is 5.92 Å². The van der Waals surface area contributed by atoms with Gasteiger partial charge in [0, 0.05) is 24.7 Å². The molecule has 2 aromatic heterocycles. The molecule has 0 bridgehead atoms. The third kappa shape index (κ3) is 3.65. The van der Waals surface area contributed by atoms with E-state index in [0.717, 1.165) is 53.2 Å². The summed E-state index contributed by atoms with van der Waals surface area (Å²) in [5.41, 5.74) is 10.6. The van der Waals surface area contributed by atoms with E-state index < -0.39 is 0 Å². The SMILES string of the molecule is Cc1cc2nc(NCC3CC3)c3ncc(-c4ccc(CNC5CC5)c(C)c4)n3c2cc1C. The van der Waals surface area contributed by atoms with Crippen molar-refractivity contribution in [1.82, 2.24) is 19.7 Å². The summed E-state index contributed by atoms with van der Waals surface area (Å²) in [7, 11) is 0. The van der Waals surface area contributed by atoms with Crippen molar-refractivity contribution in [2.45, 2.75) is 59.0 Å². The fraction of sp³-hybridized carbons (Fsp3) is 0.407. The normalized spacial score (nSPS) is 16.2. The lowest BCUT2D eigenvalue weighted by atomic mass is 10.0. The van der Waals surface area contributed by atoms with E-state index in [1.54, 1.807) is 0 Å². The van der Waals surface area contributed by atoms with Crippen molar-refractivity contribution in [3.63, 3.8) is 0 Å². The van der Waals surface area contributed by atoms with E-state index in [9.17, 15) is 0 Å². The van der Waals surface area contributed by atoms with E-state index in [1.165, 1.54) is 53.5 Å². The zero-order valence-corrected chi connectivity index (χ0v) is 19.2. The molecule has 164 valence electrons. The minimum atomic E-state index is 0.722. The van der Waals surface area contributed by atoms with Crippen LogP contribution in [0.1, 0.15) is 47.9 Å². The summed E-state index contributed by atoms with van der Waals surface area (Å²) in [6.07, 6.45) is 7.27. The number of nitrogens with zero attached hydrogens (tertiary/aromatic N) is 3. The van der Waals surface area contributed by atoms with Crippen LogP contribution in [-0.4, -0.2) is 27.0 Å². The second kappa shape index (κ2) is 7.59. The van der Waals surface area contributed by atoms with Crippen molar-refractivity contribution in [1.29, 1.82) is 0 Å². The molecule has 0 aliphatic heterocycles. The Hall–Kier alpha value is -2.92. The second-order valence-electron chi connectivity index (χ2n) is 9.81. The number of hydrogen-bond acceptors (Lipinski definition) is 4. The fourth-order valence-electron chi connectivity index (χ4n) is 4.47. The maximum atomic E-state index is 4.99. The van der Waals surface area contributed by atoms with Crippen LogP contribution in [-0.2, 0) is 6.54 Å². The smallest absolute Gasteiger partial charge is 0.181 e. The molecule has 0 spiro atoms. The fourth-order valence-corrected chi connectivity index (χ4v) is 4.47. The molecule has 0 radical (unpaired) electrons. The molecule has 0 atom stereocenters. The summed E-state index contributed by atoms with van der Waals surface area (Å²) in [4.78, 5) is 9.83. The Morgan fingerprint density at radius 2 is 1.78 bits per heavy atom. The highest BCUT2D eigenvalue weighted by Gasteiger charge is 2.23. The van der Waals surface area contributed by atoms with Gasteiger partial charge in [-0.2, -0.15) is 0 Å². The number of anilines is 1. The molecule has 2 heterocycles. The van der Waals surface area contributed by atoms with Crippen molar-refractivity contribution in [2.75, 3.05) is 11.9 Å². The molecule has 4 aromatic rings. The predicted octanol–water partition coefficient (Wildman–Crippen LogP) is 5.55. The van der Waals surface area contributed by atoms with E-state index in [2.05, 4.69) is 66.1 Å². The van der Waals surface area contributed by atoms with E-state index >= 15 is 0 Å². The van der Waals surface area contributed by atoms with Gasteiger partial charge in [-0.1, -0.05) is 12.1 Å². The highest BCUT2D eigenvalue weighted by atomic mass is 15.1. The van der Waals surface area contributed by atoms with Gasteiger partial charge in [0.25, 0.3) is 0 Å². The van der Waals surface area contributed by atoms with Gasteiger partial charge in [-0.15, -0.1) is 0 Å². The molecule has 0 saturated heterocycles. The van der Waals surface area contributed by atoms with Gasteiger partial charge in [-0.3, -0.25) is 4.40 Å². The van der Waals surface area contributed by atoms with Crippen molar-refractivity contribution < 1.29 is 0 Å². The molecule has 2 aliphatic carbocycles. The molecule has 2 fully saturated rings. The lowest BCUT2D eigenvalue weighted by Gasteiger charge is -2.14. The Kier molecular flexibility index (Phi) is 4.68. The number of fused-ring (bicyclic) bond motifs is 3. The Morgan fingerprint density at radius 3 is 2.53 bits per heavy atom.